The SMILES string of the molecule is O=C(O)C[C@@]12C(=O)OC(=O)[C@@H]1C1C=CC2C1. The maximum Gasteiger partial charge on any atom is 0.321 e. The van der Waals surface area contributed by atoms with Crippen molar-refractivity contribution in [3.8, 4) is 0 Å². The highest BCUT2D eigenvalue weighted by molar-refractivity contribution is 6.02. The molecule has 0 aromatic rings. The van der Waals surface area contributed by atoms with Crippen molar-refractivity contribution in [2.45, 2.75) is 12.8 Å². The van der Waals surface area contributed by atoms with Crippen molar-refractivity contribution in [3.05, 3.63) is 12.2 Å². The second-order valence-electron chi connectivity index (χ2n) is 4.69. The summed E-state index contributed by atoms with van der Waals surface area (Å²) < 4.78 is 4.63. The van der Waals surface area contributed by atoms with Gasteiger partial charge in [-0.1, -0.05) is 12.2 Å². The van der Waals surface area contributed by atoms with E-state index >= 15 is 0 Å². The summed E-state index contributed by atoms with van der Waals surface area (Å²) >= 11 is 0. The number of carboxylic acids is 1. The van der Waals surface area contributed by atoms with Gasteiger partial charge in [0.1, 0.15) is 0 Å². The van der Waals surface area contributed by atoms with Crippen LogP contribution in [0.2, 0.25) is 0 Å². The molecule has 1 N–H and O–H groups in total. The number of carbonyl (C=O) groups is 3. The van der Waals surface area contributed by atoms with Gasteiger partial charge in [-0.25, -0.2) is 0 Å². The van der Waals surface area contributed by atoms with Crippen LogP contribution in [0, 0.1) is 23.2 Å². The molecular weight excluding hydrogens is 212 g/mol. The molecule has 0 radical (unpaired) electrons. The zero-order valence-electron chi connectivity index (χ0n) is 8.38. The van der Waals surface area contributed by atoms with Crippen LogP contribution in [-0.2, 0) is 19.1 Å². The van der Waals surface area contributed by atoms with Crippen LogP contribution in [0.4, 0.5) is 0 Å². The number of aliphatic carboxylic acids is 1. The number of hydrogen-bond donors (Lipinski definition) is 1. The van der Waals surface area contributed by atoms with Crippen molar-refractivity contribution in [2.24, 2.45) is 23.2 Å². The molecule has 5 nitrogen and oxygen atoms in total. The minimum absolute atomic E-state index is 0.0247. The van der Waals surface area contributed by atoms with Crippen LogP contribution in [0.25, 0.3) is 0 Å². The van der Waals surface area contributed by atoms with Gasteiger partial charge in [-0.15, -0.1) is 0 Å². The topological polar surface area (TPSA) is 80.7 Å². The van der Waals surface area contributed by atoms with Gasteiger partial charge in [0.25, 0.3) is 0 Å². The van der Waals surface area contributed by atoms with Gasteiger partial charge in [0, 0.05) is 0 Å². The Morgan fingerprint density at radius 3 is 2.94 bits per heavy atom. The maximum absolute atomic E-state index is 11.8. The van der Waals surface area contributed by atoms with Gasteiger partial charge < -0.3 is 9.84 Å². The Morgan fingerprint density at radius 2 is 2.25 bits per heavy atom. The van der Waals surface area contributed by atoms with E-state index in [0.717, 1.165) is 0 Å². The molecule has 3 aliphatic rings. The zero-order valence-corrected chi connectivity index (χ0v) is 8.38. The zero-order chi connectivity index (χ0) is 11.5. The molecule has 2 aliphatic carbocycles. The highest BCUT2D eigenvalue weighted by Crippen LogP contribution is 2.61. The van der Waals surface area contributed by atoms with Crippen LogP contribution >= 0.6 is 0 Å². The third-order valence-electron chi connectivity index (χ3n) is 4.03. The molecule has 0 amide bonds. The lowest BCUT2D eigenvalue weighted by Crippen LogP contribution is -2.39. The Hall–Kier alpha value is -1.65. The molecule has 1 saturated carbocycles. The lowest BCUT2D eigenvalue weighted by molar-refractivity contribution is -0.159. The molecule has 1 aliphatic heterocycles. The Balaban J connectivity index is 2.10. The van der Waals surface area contributed by atoms with Gasteiger partial charge in [0.15, 0.2) is 0 Å². The van der Waals surface area contributed by atoms with Crippen LogP contribution in [0.3, 0.4) is 0 Å². The molecule has 0 aromatic carbocycles. The van der Waals surface area contributed by atoms with E-state index in [1.54, 1.807) is 0 Å². The van der Waals surface area contributed by atoms with E-state index < -0.39 is 29.2 Å². The van der Waals surface area contributed by atoms with E-state index in [9.17, 15) is 14.4 Å². The van der Waals surface area contributed by atoms with Crippen LogP contribution in [0.1, 0.15) is 12.8 Å². The van der Waals surface area contributed by atoms with Gasteiger partial charge in [0.05, 0.1) is 17.8 Å². The highest BCUT2D eigenvalue weighted by atomic mass is 16.6. The minimum atomic E-state index is -1.12. The monoisotopic (exact) mass is 222 g/mol. The predicted octanol–water partition coefficient (Wildman–Crippen LogP) is 0.353. The van der Waals surface area contributed by atoms with E-state index in [1.807, 2.05) is 12.2 Å². The van der Waals surface area contributed by atoms with Crippen molar-refractivity contribution in [1.29, 1.82) is 0 Å². The standard InChI is InChI=1S/C11H10O5/c12-7(13)4-11-6-2-1-5(3-6)8(11)9(14)16-10(11)15/h1-2,5-6,8H,3-4H2,(H,12,13)/t5?,6?,8-,11-/m0/s1. The minimum Gasteiger partial charge on any atom is -0.481 e. The summed E-state index contributed by atoms with van der Waals surface area (Å²) in [6.07, 6.45) is 4.13. The smallest absolute Gasteiger partial charge is 0.321 e. The summed E-state index contributed by atoms with van der Waals surface area (Å²) in [4.78, 5) is 34.2. The second kappa shape index (κ2) is 2.72. The van der Waals surface area contributed by atoms with Gasteiger partial charge in [0.2, 0.25) is 0 Å². The first-order valence-corrected chi connectivity index (χ1v) is 5.22. The third kappa shape index (κ3) is 0.887. The Kier molecular flexibility index (Phi) is 1.63. The van der Waals surface area contributed by atoms with Gasteiger partial charge in [-0.05, 0) is 18.3 Å². The predicted molar refractivity (Wildman–Crippen MR) is 50.0 cm³/mol. The number of cyclic esters (lactones) is 2. The number of carbonyl (C=O) groups excluding carboxylic acids is 2. The van der Waals surface area contributed by atoms with Crippen molar-refractivity contribution in [3.63, 3.8) is 0 Å². The quantitative estimate of drug-likeness (QED) is 0.414. The van der Waals surface area contributed by atoms with Crippen LogP contribution in [-0.4, -0.2) is 23.0 Å². The first-order valence-electron chi connectivity index (χ1n) is 5.22. The van der Waals surface area contributed by atoms with Gasteiger partial charge in [-0.2, -0.15) is 0 Å². The van der Waals surface area contributed by atoms with Crippen molar-refractivity contribution in [1.82, 2.24) is 0 Å². The van der Waals surface area contributed by atoms with Gasteiger partial charge in [-0.3, -0.25) is 14.4 Å². The molecule has 0 aromatic heterocycles. The molecule has 2 bridgehead atoms. The fraction of sp³-hybridized carbons (Fsp3) is 0.545. The molecule has 4 atom stereocenters. The summed E-state index contributed by atoms with van der Waals surface area (Å²) in [5, 5.41) is 8.90. The van der Waals surface area contributed by atoms with Crippen LogP contribution in [0.15, 0.2) is 12.2 Å². The van der Waals surface area contributed by atoms with Crippen LogP contribution < -0.4 is 0 Å². The molecule has 1 heterocycles. The largest absolute Gasteiger partial charge is 0.481 e. The molecule has 16 heavy (non-hydrogen) atoms. The number of carboxylic acid groups (broad SMARTS) is 1. The number of rotatable bonds is 2. The fourth-order valence-corrected chi connectivity index (χ4v) is 3.45. The molecule has 0 spiro atoms. The van der Waals surface area contributed by atoms with Gasteiger partial charge >= 0.3 is 17.9 Å². The van der Waals surface area contributed by atoms with E-state index in [0.29, 0.717) is 6.42 Å². The second-order valence-corrected chi connectivity index (χ2v) is 4.69. The lowest BCUT2D eigenvalue weighted by atomic mass is 9.68. The summed E-state index contributed by atoms with van der Waals surface area (Å²) in [6, 6.07) is 0. The highest BCUT2D eigenvalue weighted by Gasteiger charge is 2.69. The molecule has 3 rings (SSSR count). The molecule has 2 unspecified atom stereocenters. The number of esters is 2. The Labute approximate surface area is 91.1 Å². The summed E-state index contributed by atoms with van der Waals surface area (Å²) in [5.74, 6) is -3.02. The first-order chi connectivity index (χ1) is 7.55. The van der Waals surface area contributed by atoms with E-state index in [2.05, 4.69) is 4.74 Å². The normalized spacial score (nSPS) is 43.6. The van der Waals surface area contributed by atoms with E-state index in [1.165, 1.54) is 0 Å². The number of allylic oxidation sites excluding steroid dienone is 2. The van der Waals surface area contributed by atoms with Crippen LogP contribution in [0.5, 0.6) is 0 Å². The average molecular weight is 222 g/mol. The van der Waals surface area contributed by atoms with E-state index in [4.69, 9.17) is 5.11 Å². The molecule has 5 heteroatoms. The number of ether oxygens (including phenoxy) is 1. The molecule has 2 fully saturated rings. The lowest BCUT2D eigenvalue weighted by Gasteiger charge is -2.28. The molecular formula is C11H10O5. The fourth-order valence-electron chi connectivity index (χ4n) is 3.45. The van der Waals surface area contributed by atoms with Crippen molar-refractivity contribution in [2.75, 3.05) is 0 Å². The number of hydrogen-bond acceptors (Lipinski definition) is 4. The maximum atomic E-state index is 11.8. The van der Waals surface area contributed by atoms with Crippen molar-refractivity contribution < 1.29 is 24.2 Å². The molecule has 84 valence electrons. The Bertz CT molecular complexity index is 438. The number of fused-ring (bicyclic) bond motifs is 5. The average Bonchev–Trinajstić information content (AvgIpc) is 2.79. The Morgan fingerprint density at radius 1 is 1.50 bits per heavy atom. The molecule has 1 saturated heterocycles. The summed E-state index contributed by atoms with van der Waals surface area (Å²) in [7, 11) is 0. The summed E-state index contributed by atoms with van der Waals surface area (Å²) in [6.45, 7) is 0. The van der Waals surface area contributed by atoms with Crippen molar-refractivity contribution >= 4 is 17.9 Å². The first kappa shape index (κ1) is 9.57. The van der Waals surface area contributed by atoms with E-state index in [-0.39, 0.29) is 18.3 Å². The summed E-state index contributed by atoms with van der Waals surface area (Å²) in [5.41, 5.74) is -1.12. The third-order valence-corrected chi connectivity index (χ3v) is 4.03.